The van der Waals surface area contributed by atoms with Crippen LogP contribution in [0.15, 0.2) is 36.4 Å². The summed E-state index contributed by atoms with van der Waals surface area (Å²) in [5.74, 6) is 1.20. The van der Waals surface area contributed by atoms with E-state index in [9.17, 15) is 4.79 Å². The number of ether oxygens (including phenoxy) is 1. The van der Waals surface area contributed by atoms with Gasteiger partial charge in [0.25, 0.3) is 5.91 Å². The summed E-state index contributed by atoms with van der Waals surface area (Å²) >= 11 is 0. The zero-order valence-electron chi connectivity index (χ0n) is 14.2. The van der Waals surface area contributed by atoms with E-state index in [1.54, 1.807) is 19.2 Å². The standard InChI is InChI=1S/C17H23N5O2/c1-22(2)11-10-18-17(23)14-8-9-16(21-20-14)19-12-13-6-4-5-7-15(13)24-3/h4-9H,10-12H2,1-3H3,(H,18,23)(H,19,21). The molecule has 0 saturated carbocycles. The van der Waals surface area contributed by atoms with E-state index in [4.69, 9.17) is 4.74 Å². The van der Waals surface area contributed by atoms with Gasteiger partial charge in [0.2, 0.25) is 0 Å². The molecule has 2 N–H and O–H groups in total. The second-order valence-electron chi connectivity index (χ2n) is 5.53. The molecule has 0 spiro atoms. The Morgan fingerprint density at radius 3 is 2.62 bits per heavy atom. The first-order chi connectivity index (χ1) is 11.6. The summed E-state index contributed by atoms with van der Waals surface area (Å²) in [5.41, 5.74) is 1.32. The summed E-state index contributed by atoms with van der Waals surface area (Å²) in [4.78, 5) is 13.9. The summed E-state index contributed by atoms with van der Waals surface area (Å²) in [6, 6.07) is 11.2. The van der Waals surface area contributed by atoms with Gasteiger partial charge in [-0.05, 0) is 32.3 Å². The van der Waals surface area contributed by atoms with E-state index >= 15 is 0 Å². The zero-order chi connectivity index (χ0) is 17.4. The van der Waals surface area contributed by atoms with Crippen LogP contribution in [0.1, 0.15) is 16.1 Å². The first-order valence-corrected chi connectivity index (χ1v) is 7.72. The largest absolute Gasteiger partial charge is 0.496 e. The van der Waals surface area contributed by atoms with Gasteiger partial charge in [0, 0.05) is 25.2 Å². The van der Waals surface area contributed by atoms with Gasteiger partial charge in [-0.3, -0.25) is 4.79 Å². The number of para-hydroxylation sites is 1. The zero-order valence-corrected chi connectivity index (χ0v) is 14.2. The van der Waals surface area contributed by atoms with Crippen molar-refractivity contribution in [3.05, 3.63) is 47.7 Å². The molecule has 7 nitrogen and oxygen atoms in total. The van der Waals surface area contributed by atoms with Crippen LogP contribution in [-0.2, 0) is 6.54 Å². The van der Waals surface area contributed by atoms with Gasteiger partial charge in [0.05, 0.1) is 7.11 Å². The van der Waals surface area contributed by atoms with Gasteiger partial charge in [-0.1, -0.05) is 18.2 Å². The van der Waals surface area contributed by atoms with Crippen molar-refractivity contribution in [2.45, 2.75) is 6.54 Å². The van der Waals surface area contributed by atoms with Crippen LogP contribution in [0.5, 0.6) is 5.75 Å². The summed E-state index contributed by atoms with van der Waals surface area (Å²) in [5, 5.41) is 14.0. The van der Waals surface area contributed by atoms with E-state index < -0.39 is 0 Å². The topological polar surface area (TPSA) is 79.4 Å². The van der Waals surface area contributed by atoms with Gasteiger partial charge >= 0.3 is 0 Å². The van der Waals surface area contributed by atoms with Crippen LogP contribution in [0, 0.1) is 0 Å². The average molecular weight is 329 g/mol. The van der Waals surface area contributed by atoms with Crippen LogP contribution in [0.25, 0.3) is 0 Å². The number of amides is 1. The van der Waals surface area contributed by atoms with Crippen LogP contribution in [-0.4, -0.2) is 55.3 Å². The third-order valence-corrected chi connectivity index (χ3v) is 3.39. The van der Waals surface area contributed by atoms with E-state index in [0.717, 1.165) is 17.9 Å². The molecule has 0 radical (unpaired) electrons. The Balaban J connectivity index is 1.89. The Bertz CT molecular complexity index is 658. The molecule has 128 valence electrons. The predicted octanol–water partition coefficient (Wildman–Crippen LogP) is 1.39. The Hall–Kier alpha value is -2.67. The second-order valence-corrected chi connectivity index (χ2v) is 5.53. The number of aromatic nitrogens is 2. The van der Waals surface area contributed by atoms with E-state index in [-0.39, 0.29) is 5.91 Å². The number of benzene rings is 1. The SMILES string of the molecule is COc1ccccc1CNc1ccc(C(=O)NCCN(C)C)nn1. The molecule has 0 bridgehead atoms. The highest BCUT2D eigenvalue weighted by Crippen LogP contribution is 2.18. The van der Waals surface area contributed by atoms with Crippen molar-refractivity contribution >= 4 is 11.7 Å². The Labute approximate surface area is 142 Å². The summed E-state index contributed by atoms with van der Waals surface area (Å²) in [6.45, 7) is 1.91. The van der Waals surface area contributed by atoms with Gasteiger partial charge in [-0.2, -0.15) is 0 Å². The monoisotopic (exact) mass is 329 g/mol. The number of nitrogens with one attached hydrogen (secondary N) is 2. The number of carbonyl (C=O) groups is 1. The molecule has 0 saturated heterocycles. The number of carbonyl (C=O) groups excluding carboxylic acids is 1. The summed E-state index contributed by atoms with van der Waals surface area (Å²) < 4.78 is 5.31. The number of likely N-dealkylation sites (N-methyl/N-ethyl adjacent to an activating group) is 1. The summed E-state index contributed by atoms with van der Waals surface area (Å²) in [7, 11) is 5.55. The third kappa shape index (κ3) is 5.20. The average Bonchev–Trinajstić information content (AvgIpc) is 2.60. The molecule has 0 fully saturated rings. The Morgan fingerprint density at radius 1 is 1.17 bits per heavy atom. The number of nitrogens with zero attached hydrogens (tertiary/aromatic N) is 3. The Kier molecular flexibility index (Phi) is 6.51. The molecule has 24 heavy (non-hydrogen) atoms. The first-order valence-electron chi connectivity index (χ1n) is 7.72. The molecule has 7 heteroatoms. The minimum Gasteiger partial charge on any atom is -0.496 e. The lowest BCUT2D eigenvalue weighted by atomic mass is 10.2. The fraction of sp³-hybridized carbons (Fsp3) is 0.353. The van der Waals surface area contributed by atoms with Crippen molar-refractivity contribution in [3.8, 4) is 5.75 Å². The predicted molar refractivity (Wildman–Crippen MR) is 93.2 cm³/mol. The minimum atomic E-state index is -0.222. The second kappa shape index (κ2) is 8.83. The molecule has 1 aromatic heterocycles. The van der Waals surface area contributed by atoms with E-state index in [0.29, 0.717) is 24.6 Å². The summed E-state index contributed by atoms with van der Waals surface area (Å²) in [6.07, 6.45) is 0. The number of hydrogen-bond donors (Lipinski definition) is 2. The number of rotatable bonds is 8. The van der Waals surface area contributed by atoms with E-state index in [1.807, 2.05) is 43.3 Å². The Morgan fingerprint density at radius 2 is 1.96 bits per heavy atom. The van der Waals surface area contributed by atoms with Gasteiger partial charge in [-0.15, -0.1) is 10.2 Å². The maximum Gasteiger partial charge on any atom is 0.271 e. The smallest absolute Gasteiger partial charge is 0.271 e. The first kappa shape index (κ1) is 17.7. The molecular formula is C17H23N5O2. The number of methoxy groups -OCH3 is 1. The molecular weight excluding hydrogens is 306 g/mol. The minimum absolute atomic E-state index is 0.222. The van der Waals surface area contributed by atoms with Gasteiger partial charge in [0.1, 0.15) is 11.6 Å². The van der Waals surface area contributed by atoms with Crippen LogP contribution < -0.4 is 15.4 Å². The molecule has 1 amide bonds. The van der Waals surface area contributed by atoms with E-state index in [2.05, 4.69) is 20.8 Å². The molecule has 1 heterocycles. The maximum atomic E-state index is 11.9. The van der Waals surface area contributed by atoms with Crippen molar-refractivity contribution in [2.24, 2.45) is 0 Å². The lowest BCUT2D eigenvalue weighted by Gasteiger charge is -2.11. The van der Waals surface area contributed by atoms with E-state index in [1.165, 1.54) is 0 Å². The van der Waals surface area contributed by atoms with Crippen molar-refractivity contribution in [3.63, 3.8) is 0 Å². The van der Waals surface area contributed by atoms with Gasteiger partial charge < -0.3 is 20.3 Å². The molecule has 0 unspecified atom stereocenters. The van der Waals surface area contributed by atoms with Crippen molar-refractivity contribution in [1.29, 1.82) is 0 Å². The molecule has 2 rings (SSSR count). The molecule has 0 aliphatic rings. The molecule has 1 aromatic carbocycles. The maximum absolute atomic E-state index is 11.9. The van der Waals surface area contributed by atoms with Crippen molar-refractivity contribution < 1.29 is 9.53 Å². The molecule has 2 aromatic rings. The fourth-order valence-corrected chi connectivity index (χ4v) is 2.07. The van der Waals surface area contributed by atoms with Crippen LogP contribution in [0.4, 0.5) is 5.82 Å². The highest BCUT2D eigenvalue weighted by atomic mass is 16.5. The highest BCUT2D eigenvalue weighted by Gasteiger charge is 2.08. The fourth-order valence-electron chi connectivity index (χ4n) is 2.07. The highest BCUT2D eigenvalue weighted by molar-refractivity contribution is 5.92. The lowest BCUT2D eigenvalue weighted by molar-refractivity contribution is 0.0945. The van der Waals surface area contributed by atoms with Crippen LogP contribution >= 0.6 is 0 Å². The van der Waals surface area contributed by atoms with Gasteiger partial charge in [-0.25, -0.2) is 0 Å². The van der Waals surface area contributed by atoms with Crippen molar-refractivity contribution in [1.82, 2.24) is 20.4 Å². The van der Waals surface area contributed by atoms with Gasteiger partial charge in [0.15, 0.2) is 5.69 Å². The number of anilines is 1. The lowest BCUT2D eigenvalue weighted by Crippen LogP contribution is -2.31. The quantitative estimate of drug-likeness (QED) is 0.762. The molecule has 0 atom stereocenters. The third-order valence-electron chi connectivity index (χ3n) is 3.39. The van der Waals surface area contributed by atoms with Crippen LogP contribution in [0.2, 0.25) is 0 Å². The number of hydrogen-bond acceptors (Lipinski definition) is 6. The normalized spacial score (nSPS) is 10.5. The molecule has 0 aliphatic heterocycles. The van der Waals surface area contributed by atoms with Crippen molar-refractivity contribution in [2.75, 3.05) is 39.6 Å². The van der Waals surface area contributed by atoms with Crippen LogP contribution in [0.3, 0.4) is 0 Å². The molecule has 0 aliphatic carbocycles.